The molecule has 158 valence electrons. The van der Waals surface area contributed by atoms with Crippen LogP contribution in [0.25, 0.3) is 5.69 Å². The Morgan fingerprint density at radius 3 is 2.30 bits per heavy atom. The molecule has 0 aliphatic rings. The largest absolute Gasteiger partial charge is 0.334 e. The second-order valence-electron chi connectivity index (χ2n) is 6.96. The van der Waals surface area contributed by atoms with E-state index in [0.717, 1.165) is 28.9 Å². The Morgan fingerprint density at radius 2 is 1.60 bits per heavy atom. The van der Waals surface area contributed by atoms with Crippen LogP contribution < -0.4 is 15.4 Å². The molecular weight excluding hydrogens is 402 g/mol. The van der Waals surface area contributed by atoms with Gasteiger partial charge in [-0.05, 0) is 37.6 Å². The topological polar surface area (TPSA) is 105 Å². The number of para-hydroxylation sites is 2. The summed E-state index contributed by atoms with van der Waals surface area (Å²) in [5.41, 5.74) is 4.83. The molecule has 0 saturated carbocycles. The Morgan fingerprint density at radius 1 is 0.967 bits per heavy atom. The highest BCUT2D eigenvalue weighted by Crippen LogP contribution is 2.18. The van der Waals surface area contributed by atoms with Crippen LogP contribution in [0.15, 0.2) is 54.6 Å². The van der Waals surface area contributed by atoms with Crippen LogP contribution in [0.2, 0.25) is 0 Å². The van der Waals surface area contributed by atoms with Gasteiger partial charge in [0, 0.05) is 24.3 Å². The molecule has 0 spiro atoms. The molecular formula is C21H25N5O3S. The minimum atomic E-state index is -3.40. The standard InChI is InChI=1S/C21H25N5O3S/c1-15-19(16(2)26(24-15)18-10-5-4-6-11-18)14-23-21(27)22-13-17-9-7-8-12-20(17)25-30(3,28)29/h4-12,25H,13-14H2,1-3H3,(H2,22,23,27). The lowest BCUT2D eigenvalue weighted by Crippen LogP contribution is -2.35. The van der Waals surface area contributed by atoms with Gasteiger partial charge in [-0.3, -0.25) is 4.72 Å². The number of nitrogens with zero attached hydrogens (tertiary/aromatic N) is 2. The van der Waals surface area contributed by atoms with Crippen molar-refractivity contribution in [2.45, 2.75) is 26.9 Å². The number of rotatable bonds is 7. The van der Waals surface area contributed by atoms with Gasteiger partial charge in [0.15, 0.2) is 0 Å². The average Bonchev–Trinajstić information content (AvgIpc) is 2.99. The highest BCUT2D eigenvalue weighted by atomic mass is 32.2. The van der Waals surface area contributed by atoms with Gasteiger partial charge in [-0.2, -0.15) is 5.10 Å². The van der Waals surface area contributed by atoms with Crippen LogP contribution in [-0.2, 0) is 23.1 Å². The molecule has 3 aromatic rings. The molecule has 2 aromatic carbocycles. The average molecular weight is 428 g/mol. The summed E-state index contributed by atoms with van der Waals surface area (Å²) < 4.78 is 27.3. The summed E-state index contributed by atoms with van der Waals surface area (Å²) in [6, 6.07) is 16.4. The molecule has 3 rings (SSSR count). The zero-order chi connectivity index (χ0) is 21.7. The molecule has 3 N–H and O–H groups in total. The summed E-state index contributed by atoms with van der Waals surface area (Å²) in [4.78, 5) is 12.3. The van der Waals surface area contributed by atoms with Gasteiger partial charge in [-0.25, -0.2) is 17.9 Å². The van der Waals surface area contributed by atoms with Gasteiger partial charge in [0.25, 0.3) is 0 Å². The fourth-order valence-electron chi connectivity index (χ4n) is 3.13. The lowest BCUT2D eigenvalue weighted by molar-refractivity contribution is 0.240. The van der Waals surface area contributed by atoms with E-state index in [0.29, 0.717) is 17.8 Å². The van der Waals surface area contributed by atoms with Crippen LogP contribution in [0.1, 0.15) is 22.5 Å². The molecule has 1 heterocycles. The second kappa shape index (κ2) is 9.00. The predicted molar refractivity (Wildman–Crippen MR) is 117 cm³/mol. The zero-order valence-electron chi connectivity index (χ0n) is 17.1. The Kier molecular flexibility index (Phi) is 6.41. The number of aryl methyl sites for hydroxylation is 1. The number of aromatic nitrogens is 2. The number of sulfonamides is 1. The van der Waals surface area contributed by atoms with Gasteiger partial charge in [0.1, 0.15) is 0 Å². The third-order valence-corrected chi connectivity index (χ3v) is 5.21. The van der Waals surface area contributed by atoms with Crippen LogP contribution in [0.3, 0.4) is 0 Å². The first-order chi connectivity index (χ1) is 14.2. The van der Waals surface area contributed by atoms with E-state index in [9.17, 15) is 13.2 Å². The molecule has 0 aliphatic carbocycles. The highest BCUT2D eigenvalue weighted by Gasteiger charge is 2.14. The summed E-state index contributed by atoms with van der Waals surface area (Å²) in [5.74, 6) is 0. The fraction of sp³-hybridized carbons (Fsp3) is 0.238. The van der Waals surface area contributed by atoms with Crippen LogP contribution in [-0.4, -0.2) is 30.5 Å². The van der Waals surface area contributed by atoms with E-state index < -0.39 is 10.0 Å². The minimum absolute atomic E-state index is 0.186. The number of urea groups is 1. The van der Waals surface area contributed by atoms with E-state index in [4.69, 9.17) is 0 Å². The number of amides is 2. The lowest BCUT2D eigenvalue weighted by Gasteiger charge is -2.12. The maximum atomic E-state index is 12.3. The Hall–Kier alpha value is -3.33. The molecule has 0 bridgehead atoms. The van der Waals surface area contributed by atoms with E-state index in [1.54, 1.807) is 24.3 Å². The molecule has 0 fully saturated rings. The number of hydrogen-bond donors (Lipinski definition) is 3. The summed E-state index contributed by atoms with van der Waals surface area (Å²) in [6.45, 7) is 4.40. The summed E-state index contributed by atoms with van der Waals surface area (Å²) in [5, 5.41) is 10.2. The molecule has 0 atom stereocenters. The fourth-order valence-corrected chi connectivity index (χ4v) is 3.73. The van der Waals surface area contributed by atoms with Crippen LogP contribution >= 0.6 is 0 Å². The predicted octanol–water partition coefficient (Wildman–Crippen LogP) is 2.86. The molecule has 0 aliphatic heterocycles. The van der Waals surface area contributed by atoms with Crippen molar-refractivity contribution in [3.05, 3.63) is 77.1 Å². The Balaban J connectivity index is 1.62. The smallest absolute Gasteiger partial charge is 0.315 e. The first-order valence-corrected chi connectivity index (χ1v) is 11.3. The molecule has 0 unspecified atom stereocenters. The van der Waals surface area contributed by atoms with Crippen molar-refractivity contribution in [2.24, 2.45) is 0 Å². The third-order valence-electron chi connectivity index (χ3n) is 4.62. The number of anilines is 1. The molecule has 0 saturated heterocycles. The van der Waals surface area contributed by atoms with Crippen molar-refractivity contribution < 1.29 is 13.2 Å². The van der Waals surface area contributed by atoms with Gasteiger partial charge >= 0.3 is 6.03 Å². The van der Waals surface area contributed by atoms with E-state index in [1.807, 2.05) is 48.9 Å². The van der Waals surface area contributed by atoms with Crippen molar-refractivity contribution in [3.63, 3.8) is 0 Å². The number of carbonyl (C=O) groups excluding carboxylic acids is 1. The van der Waals surface area contributed by atoms with E-state index >= 15 is 0 Å². The van der Waals surface area contributed by atoms with Crippen LogP contribution in [0.4, 0.5) is 10.5 Å². The minimum Gasteiger partial charge on any atom is -0.334 e. The number of carbonyl (C=O) groups is 1. The summed E-state index contributed by atoms with van der Waals surface area (Å²) >= 11 is 0. The van der Waals surface area contributed by atoms with Gasteiger partial charge in [-0.1, -0.05) is 36.4 Å². The van der Waals surface area contributed by atoms with Crippen LogP contribution in [0.5, 0.6) is 0 Å². The van der Waals surface area contributed by atoms with Crippen molar-refractivity contribution in [1.29, 1.82) is 0 Å². The Bertz CT molecular complexity index is 1140. The van der Waals surface area contributed by atoms with Crippen LogP contribution in [0, 0.1) is 13.8 Å². The maximum Gasteiger partial charge on any atom is 0.315 e. The Labute approximate surface area is 176 Å². The molecule has 1 aromatic heterocycles. The normalized spacial score (nSPS) is 11.2. The van der Waals surface area contributed by atoms with Gasteiger partial charge < -0.3 is 10.6 Å². The third kappa shape index (κ3) is 5.38. The van der Waals surface area contributed by atoms with Gasteiger partial charge in [0.05, 0.1) is 23.3 Å². The van der Waals surface area contributed by atoms with Crippen molar-refractivity contribution in [3.8, 4) is 5.69 Å². The van der Waals surface area contributed by atoms with E-state index in [1.165, 1.54) is 0 Å². The molecule has 2 amide bonds. The number of nitrogens with one attached hydrogen (secondary N) is 3. The molecule has 0 radical (unpaired) electrons. The van der Waals surface area contributed by atoms with Crippen molar-refractivity contribution in [1.82, 2.24) is 20.4 Å². The summed E-state index contributed by atoms with van der Waals surface area (Å²) in [7, 11) is -3.40. The zero-order valence-corrected chi connectivity index (χ0v) is 18.0. The van der Waals surface area contributed by atoms with Gasteiger partial charge in [-0.15, -0.1) is 0 Å². The quantitative estimate of drug-likeness (QED) is 0.539. The monoisotopic (exact) mass is 427 g/mol. The van der Waals surface area contributed by atoms with Crippen molar-refractivity contribution >= 4 is 21.7 Å². The van der Waals surface area contributed by atoms with Crippen molar-refractivity contribution in [2.75, 3.05) is 11.0 Å². The molecule has 30 heavy (non-hydrogen) atoms. The SMILES string of the molecule is Cc1nn(-c2ccccc2)c(C)c1CNC(=O)NCc1ccccc1NS(C)(=O)=O. The van der Waals surface area contributed by atoms with E-state index in [2.05, 4.69) is 20.5 Å². The maximum absolute atomic E-state index is 12.3. The number of benzene rings is 2. The van der Waals surface area contributed by atoms with E-state index in [-0.39, 0.29) is 12.6 Å². The molecule has 8 nitrogen and oxygen atoms in total. The van der Waals surface area contributed by atoms with Gasteiger partial charge in [0.2, 0.25) is 10.0 Å². The first-order valence-electron chi connectivity index (χ1n) is 9.42. The molecule has 9 heteroatoms. The highest BCUT2D eigenvalue weighted by molar-refractivity contribution is 7.92. The first kappa shape index (κ1) is 21.4. The second-order valence-corrected chi connectivity index (χ2v) is 8.71. The summed E-state index contributed by atoms with van der Waals surface area (Å²) in [6.07, 6.45) is 1.09. The number of hydrogen-bond acceptors (Lipinski definition) is 4. The lowest BCUT2D eigenvalue weighted by atomic mass is 10.2.